The van der Waals surface area contributed by atoms with Gasteiger partial charge >= 0.3 is 0 Å². The maximum absolute atomic E-state index is 6.01. The number of nitrogens with one attached hydrogen (secondary N) is 1. The molecule has 1 unspecified atom stereocenters. The van der Waals surface area contributed by atoms with Crippen molar-refractivity contribution in [3.63, 3.8) is 0 Å². The summed E-state index contributed by atoms with van der Waals surface area (Å²) in [5, 5.41) is 1.26. The lowest BCUT2D eigenvalue weighted by atomic mass is 9.71. The smallest absolute Gasteiger partial charge is 0.162 e. The second kappa shape index (κ2) is 6.49. The SMILES string of the molecule is CC1(C)OCC(C(c2c[nH]c3ncccc23)C2CCCCC2)CO1. The Hall–Kier alpha value is -1.39. The second-order valence-electron chi connectivity index (χ2n) is 7.85. The molecule has 4 nitrogen and oxygen atoms in total. The van der Waals surface area contributed by atoms with Gasteiger partial charge in [0.05, 0.1) is 13.2 Å². The molecule has 1 aliphatic carbocycles. The molecule has 0 spiro atoms. The molecular formula is C20H28N2O2. The molecule has 130 valence electrons. The van der Waals surface area contributed by atoms with Crippen LogP contribution in [-0.4, -0.2) is 29.0 Å². The van der Waals surface area contributed by atoms with Crippen LogP contribution < -0.4 is 0 Å². The zero-order valence-corrected chi connectivity index (χ0v) is 14.8. The summed E-state index contributed by atoms with van der Waals surface area (Å²) in [4.78, 5) is 7.85. The lowest BCUT2D eigenvalue weighted by Crippen LogP contribution is -2.42. The van der Waals surface area contributed by atoms with Gasteiger partial charge in [-0.25, -0.2) is 4.98 Å². The summed E-state index contributed by atoms with van der Waals surface area (Å²) in [6.07, 6.45) is 10.7. The Morgan fingerprint density at radius 1 is 1.12 bits per heavy atom. The molecule has 1 saturated heterocycles. The van der Waals surface area contributed by atoms with Crippen LogP contribution in [0.4, 0.5) is 0 Å². The number of pyridine rings is 1. The van der Waals surface area contributed by atoms with Crippen molar-refractivity contribution in [3.05, 3.63) is 30.1 Å². The zero-order valence-electron chi connectivity index (χ0n) is 14.8. The van der Waals surface area contributed by atoms with Crippen LogP contribution in [0.15, 0.2) is 24.5 Å². The first-order chi connectivity index (χ1) is 11.6. The summed E-state index contributed by atoms with van der Waals surface area (Å²) in [6.45, 7) is 5.57. The average Bonchev–Trinajstić information content (AvgIpc) is 3.02. The van der Waals surface area contributed by atoms with E-state index in [1.807, 2.05) is 26.1 Å². The Kier molecular flexibility index (Phi) is 4.35. The fourth-order valence-corrected chi connectivity index (χ4v) is 4.55. The van der Waals surface area contributed by atoms with E-state index in [1.165, 1.54) is 43.1 Å². The summed E-state index contributed by atoms with van der Waals surface area (Å²) >= 11 is 0. The van der Waals surface area contributed by atoms with Crippen LogP contribution in [0.5, 0.6) is 0 Å². The predicted octanol–water partition coefficient (Wildman–Crippen LogP) is 4.63. The second-order valence-corrected chi connectivity index (χ2v) is 7.85. The van der Waals surface area contributed by atoms with Crippen molar-refractivity contribution in [1.82, 2.24) is 9.97 Å². The van der Waals surface area contributed by atoms with Crippen molar-refractivity contribution < 1.29 is 9.47 Å². The molecule has 2 aromatic heterocycles. The Bertz CT molecular complexity index is 678. The molecule has 1 aliphatic heterocycles. The number of H-pyrrole nitrogens is 1. The van der Waals surface area contributed by atoms with Gasteiger partial charge in [-0.15, -0.1) is 0 Å². The first-order valence-electron chi connectivity index (χ1n) is 9.34. The van der Waals surface area contributed by atoms with E-state index in [4.69, 9.17) is 9.47 Å². The average molecular weight is 328 g/mol. The molecular weight excluding hydrogens is 300 g/mol. The lowest BCUT2D eigenvalue weighted by Gasteiger charge is -2.42. The zero-order chi connectivity index (χ0) is 16.6. The fourth-order valence-electron chi connectivity index (χ4n) is 4.55. The number of rotatable bonds is 3. The highest BCUT2D eigenvalue weighted by Gasteiger charge is 2.38. The van der Waals surface area contributed by atoms with Crippen LogP contribution in [0.25, 0.3) is 11.0 Å². The van der Waals surface area contributed by atoms with Crippen LogP contribution in [0.2, 0.25) is 0 Å². The van der Waals surface area contributed by atoms with Crippen LogP contribution >= 0.6 is 0 Å². The Morgan fingerprint density at radius 2 is 1.88 bits per heavy atom. The third-order valence-electron chi connectivity index (χ3n) is 5.80. The summed E-state index contributed by atoms with van der Waals surface area (Å²) in [5.41, 5.74) is 2.40. The van der Waals surface area contributed by atoms with E-state index in [0.29, 0.717) is 11.8 Å². The first-order valence-corrected chi connectivity index (χ1v) is 9.34. The van der Waals surface area contributed by atoms with Gasteiger partial charge in [-0.1, -0.05) is 19.3 Å². The number of hydrogen-bond donors (Lipinski definition) is 1. The predicted molar refractivity (Wildman–Crippen MR) is 94.9 cm³/mol. The van der Waals surface area contributed by atoms with Crippen LogP contribution in [0, 0.1) is 11.8 Å². The van der Waals surface area contributed by atoms with Gasteiger partial charge < -0.3 is 14.5 Å². The van der Waals surface area contributed by atoms with E-state index >= 15 is 0 Å². The molecule has 0 amide bonds. The Labute approximate surface area is 144 Å². The highest BCUT2D eigenvalue weighted by molar-refractivity contribution is 5.80. The number of nitrogens with zero attached hydrogens (tertiary/aromatic N) is 1. The molecule has 0 radical (unpaired) electrons. The van der Waals surface area contributed by atoms with Crippen molar-refractivity contribution in [2.45, 2.75) is 57.7 Å². The topological polar surface area (TPSA) is 47.1 Å². The standard InChI is InChI=1S/C20H28N2O2/c1-20(2)23-12-15(13-24-20)18(14-7-4-3-5-8-14)17-11-22-19-16(17)9-6-10-21-19/h6,9-11,14-15,18H,3-5,7-8,12-13H2,1-2H3,(H,21,22). The van der Waals surface area contributed by atoms with E-state index in [-0.39, 0.29) is 0 Å². The molecule has 2 aromatic rings. The maximum atomic E-state index is 6.01. The molecule has 1 atom stereocenters. The highest BCUT2D eigenvalue weighted by Crippen LogP contribution is 2.44. The lowest BCUT2D eigenvalue weighted by molar-refractivity contribution is -0.266. The van der Waals surface area contributed by atoms with Crippen LogP contribution in [-0.2, 0) is 9.47 Å². The first kappa shape index (κ1) is 16.1. The van der Waals surface area contributed by atoms with E-state index in [1.54, 1.807) is 0 Å². The van der Waals surface area contributed by atoms with Crippen molar-refractivity contribution in [2.75, 3.05) is 13.2 Å². The molecule has 0 aromatic carbocycles. The number of hydrogen-bond acceptors (Lipinski definition) is 3. The minimum absolute atomic E-state index is 0.417. The normalized spacial score (nSPS) is 24.2. The molecule has 4 heteroatoms. The Morgan fingerprint density at radius 3 is 2.62 bits per heavy atom. The third-order valence-corrected chi connectivity index (χ3v) is 5.80. The summed E-state index contributed by atoms with van der Waals surface area (Å²) < 4.78 is 12.0. The maximum Gasteiger partial charge on any atom is 0.162 e. The van der Waals surface area contributed by atoms with Gasteiger partial charge in [0, 0.05) is 23.7 Å². The number of aromatic nitrogens is 2. The number of fused-ring (bicyclic) bond motifs is 1. The van der Waals surface area contributed by atoms with Gasteiger partial charge in [0.25, 0.3) is 0 Å². The molecule has 1 N–H and O–H groups in total. The minimum atomic E-state index is -0.449. The van der Waals surface area contributed by atoms with E-state index in [9.17, 15) is 0 Å². The summed E-state index contributed by atoms with van der Waals surface area (Å²) in [6, 6.07) is 4.23. The Balaban J connectivity index is 1.68. The largest absolute Gasteiger partial charge is 0.350 e. The van der Waals surface area contributed by atoms with Gasteiger partial charge in [-0.05, 0) is 56.2 Å². The van der Waals surface area contributed by atoms with E-state index in [0.717, 1.165) is 24.8 Å². The molecule has 4 rings (SSSR count). The van der Waals surface area contributed by atoms with Gasteiger partial charge in [0.2, 0.25) is 0 Å². The minimum Gasteiger partial charge on any atom is -0.350 e. The van der Waals surface area contributed by atoms with Gasteiger partial charge in [0.15, 0.2) is 5.79 Å². The van der Waals surface area contributed by atoms with Gasteiger partial charge in [-0.3, -0.25) is 0 Å². The molecule has 2 aliphatic rings. The summed E-state index contributed by atoms with van der Waals surface area (Å²) in [5.74, 6) is 1.17. The molecule has 24 heavy (non-hydrogen) atoms. The quantitative estimate of drug-likeness (QED) is 0.894. The molecule has 1 saturated carbocycles. The van der Waals surface area contributed by atoms with Crippen LogP contribution in [0.3, 0.4) is 0 Å². The molecule has 2 fully saturated rings. The third kappa shape index (κ3) is 3.09. The van der Waals surface area contributed by atoms with E-state index in [2.05, 4.69) is 22.2 Å². The molecule has 3 heterocycles. The van der Waals surface area contributed by atoms with Crippen molar-refractivity contribution in [3.8, 4) is 0 Å². The summed E-state index contributed by atoms with van der Waals surface area (Å²) in [7, 11) is 0. The fraction of sp³-hybridized carbons (Fsp3) is 0.650. The monoisotopic (exact) mass is 328 g/mol. The number of aromatic amines is 1. The van der Waals surface area contributed by atoms with Crippen molar-refractivity contribution in [1.29, 1.82) is 0 Å². The van der Waals surface area contributed by atoms with Gasteiger partial charge in [0.1, 0.15) is 5.65 Å². The van der Waals surface area contributed by atoms with Gasteiger partial charge in [-0.2, -0.15) is 0 Å². The van der Waals surface area contributed by atoms with Crippen molar-refractivity contribution >= 4 is 11.0 Å². The van der Waals surface area contributed by atoms with Crippen molar-refractivity contribution in [2.24, 2.45) is 11.8 Å². The molecule has 0 bridgehead atoms. The highest BCUT2D eigenvalue weighted by atomic mass is 16.7. The van der Waals surface area contributed by atoms with E-state index < -0.39 is 5.79 Å². The van der Waals surface area contributed by atoms with Crippen LogP contribution in [0.1, 0.15) is 57.4 Å². The number of ether oxygens (including phenoxy) is 2.